The number of carbonyl (C=O) groups excluding carboxylic acids is 2. The Morgan fingerprint density at radius 1 is 0.816 bits per heavy atom. The van der Waals surface area contributed by atoms with Gasteiger partial charge in [-0.25, -0.2) is 0 Å². The Morgan fingerprint density at radius 2 is 1.42 bits per heavy atom. The molecule has 0 bridgehead atoms. The van der Waals surface area contributed by atoms with Gasteiger partial charge in [0, 0.05) is 25.2 Å². The highest BCUT2D eigenvalue weighted by atomic mass is 16.5. The summed E-state index contributed by atoms with van der Waals surface area (Å²) < 4.78 is 10.7. The van der Waals surface area contributed by atoms with Crippen LogP contribution in [0.2, 0.25) is 0 Å². The number of nitrogens with zero attached hydrogens (tertiary/aromatic N) is 2. The molecule has 38 heavy (non-hydrogen) atoms. The molecule has 0 aromatic heterocycles. The first-order valence-corrected chi connectivity index (χ1v) is 13.5. The molecule has 198 valence electrons. The molecule has 0 radical (unpaired) electrons. The lowest BCUT2D eigenvalue weighted by Gasteiger charge is -2.43. The highest BCUT2D eigenvalue weighted by Gasteiger charge is 2.43. The van der Waals surface area contributed by atoms with Crippen molar-refractivity contribution in [3.8, 4) is 11.5 Å². The summed E-state index contributed by atoms with van der Waals surface area (Å²) in [6, 6.07) is 25.5. The van der Waals surface area contributed by atoms with Gasteiger partial charge in [-0.1, -0.05) is 42.5 Å². The fourth-order valence-electron chi connectivity index (χ4n) is 5.92. The van der Waals surface area contributed by atoms with Gasteiger partial charge in [0.25, 0.3) is 0 Å². The topological polar surface area (TPSA) is 59.1 Å². The summed E-state index contributed by atoms with van der Waals surface area (Å²) in [5.41, 5.74) is 3.07. The van der Waals surface area contributed by atoms with E-state index in [0.29, 0.717) is 18.8 Å². The molecule has 2 heterocycles. The first-order chi connectivity index (χ1) is 18.6. The van der Waals surface area contributed by atoms with E-state index in [1.54, 1.807) is 14.2 Å². The molecule has 0 aliphatic carbocycles. The van der Waals surface area contributed by atoms with E-state index >= 15 is 0 Å². The van der Waals surface area contributed by atoms with Crippen LogP contribution >= 0.6 is 0 Å². The Kier molecular flexibility index (Phi) is 7.97. The van der Waals surface area contributed by atoms with Gasteiger partial charge in [-0.3, -0.25) is 9.59 Å². The van der Waals surface area contributed by atoms with E-state index in [-0.39, 0.29) is 23.8 Å². The number of hydrogen-bond acceptors (Lipinski definition) is 4. The normalized spacial score (nSPS) is 20.3. The maximum atomic E-state index is 14.1. The zero-order valence-electron chi connectivity index (χ0n) is 22.2. The van der Waals surface area contributed by atoms with Crippen molar-refractivity contribution in [3.05, 3.63) is 90.0 Å². The average Bonchev–Trinajstić information content (AvgIpc) is 2.98. The van der Waals surface area contributed by atoms with Crippen molar-refractivity contribution in [2.75, 3.05) is 32.2 Å². The second-order valence-electron chi connectivity index (χ2n) is 10.3. The van der Waals surface area contributed by atoms with Crippen molar-refractivity contribution in [2.45, 2.75) is 38.1 Å². The first kappa shape index (κ1) is 25.8. The van der Waals surface area contributed by atoms with E-state index in [1.165, 1.54) is 5.56 Å². The molecule has 3 aromatic rings. The number of benzene rings is 3. The van der Waals surface area contributed by atoms with E-state index in [0.717, 1.165) is 55.1 Å². The van der Waals surface area contributed by atoms with Gasteiger partial charge < -0.3 is 19.3 Å². The lowest BCUT2D eigenvalue weighted by molar-refractivity contribution is -0.139. The minimum absolute atomic E-state index is 0.0293. The molecule has 0 N–H and O–H groups in total. The van der Waals surface area contributed by atoms with Crippen LogP contribution in [0.15, 0.2) is 78.9 Å². The highest BCUT2D eigenvalue weighted by molar-refractivity contribution is 5.97. The van der Waals surface area contributed by atoms with Gasteiger partial charge in [-0.2, -0.15) is 0 Å². The van der Waals surface area contributed by atoms with Crippen LogP contribution in [0.1, 0.15) is 42.9 Å². The number of rotatable bonds is 7. The van der Waals surface area contributed by atoms with E-state index < -0.39 is 0 Å². The number of methoxy groups -OCH3 is 2. The fraction of sp³-hybridized carbons (Fsp3) is 0.375. The van der Waals surface area contributed by atoms with Crippen molar-refractivity contribution < 1.29 is 19.1 Å². The zero-order chi connectivity index (χ0) is 26.5. The summed E-state index contributed by atoms with van der Waals surface area (Å²) in [6.45, 7) is 1.53. The van der Waals surface area contributed by atoms with Gasteiger partial charge in [-0.05, 0) is 79.1 Å². The van der Waals surface area contributed by atoms with Gasteiger partial charge in [0.15, 0.2) is 0 Å². The smallest absolute Gasteiger partial charge is 0.228 e. The van der Waals surface area contributed by atoms with Crippen molar-refractivity contribution >= 4 is 17.5 Å². The van der Waals surface area contributed by atoms with Crippen molar-refractivity contribution in [1.82, 2.24) is 4.90 Å². The molecule has 3 aromatic carbocycles. The summed E-state index contributed by atoms with van der Waals surface area (Å²) in [7, 11) is 3.26. The van der Waals surface area contributed by atoms with Crippen LogP contribution in [0.4, 0.5) is 5.69 Å². The minimum atomic E-state index is -0.384. The molecule has 2 atom stereocenters. The first-order valence-electron chi connectivity index (χ1n) is 13.5. The molecule has 0 unspecified atom stereocenters. The molecule has 5 rings (SSSR count). The van der Waals surface area contributed by atoms with E-state index in [2.05, 4.69) is 24.3 Å². The second kappa shape index (κ2) is 11.7. The quantitative estimate of drug-likeness (QED) is 0.409. The van der Waals surface area contributed by atoms with Crippen molar-refractivity contribution in [2.24, 2.45) is 11.8 Å². The van der Waals surface area contributed by atoms with Crippen molar-refractivity contribution in [3.63, 3.8) is 0 Å². The zero-order valence-corrected chi connectivity index (χ0v) is 22.2. The Morgan fingerprint density at radius 3 is 2.03 bits per heavy atom. The third-order valence-electron chi connectivity index (χ3n) is 8.02. The Balaban J connectivity index is 1.38. The molecular weight excluding hydrogens is 476 g/mol. The molecule has 2 amide bonds. The van der Waals surface area contributed by atoms with Crippen LogP contribution in [0, 0.1) is 11.8 Å². The average molecular weight is 513 g/mol. The van der Waals surface area contributed by atoms with Gasteiger partial charge in [-0.15, -0.1) is 0 Å². The molecule has 0 saturated carbocycles. The lowest BCUT2D eigenvalue weighted by atomic mass is 9.82. The van der Waals surface area contributed by atoms with E-state index in [1.807, 2.05) is 64.4 Å². The van der Waals surface area contributed by atoms with E-state index in [4.69, 9.17) is 9.47 Å². The molecule has 2 fully saturated rings. The molecule has 0 spiro atoms. The predicted octanol–water partition coefficient (Wildman–Crippen LogP) is 5.67. The lowest BCUT2D eigenvalue weighted by Crippen LogP contribution is -2.50. The van der Waals surface area contributed by atoms with Crippen LogP contribution in [-0.2, 0) is 16.0 Å². The SMILES string of the molecule is COc1ccc([C@H]2[C@H](C(=O)N3CCC(Cc4ccccc4)CC3)CCC(=O)N2c2ccc(OC)cc2)cc1. The summed E-state index contributed by atoms with van der Waals surface area (Å²) in [5.74, 6) is 1.92. The van der Waals surface area contributed by atoms with Crippen LogP contribution in [0.3, 0.4) is 0 Å². The van der Waals surface area contributed by atoms with Crippen LogP contribution in [0.25, 0.3) is 0 Å². The van der Waals surface area contributed by atoms with Gasteiger partial charge in [0.2, 0.25) is 11.8 Å². The molecule has 2 aliphatic heterocycles. The number of carbonyl (C=O) groups is 2. The van der Waals surface area contributed by atoms with Crippen LogP contribution in [-0.4, -0.2) is 44.0 Å². The maximum Gasteiger partial charge on any atom is 0.228 e. The summed E-state index contributed by atoms with van der Waals surface area (Å²) in [5, 5.41) is 0. The monoisotopic (exact) mass is 512 g/mol. The number of piperidine rings is 2. The molecular formula is C32H36N2O4. The number of amides is 2. The molecule has 6 heteroatoms. The summed E-state index contributed by atoms with van der Waals surface area (Å²) >= 11 is 0. The van der Waals surface area contributed by atoms with E-state index in [9.17, 15) is 9.59 Å². The third kappa shape index (κ3) is 5.54. The standard InChI is InChI=1S/C32H36N2O4/c1-37-27-12-8-25(9-13-27)31-29(16-17-30(35)34(31)26-10-14-28(38-2)15-11-26)32(36)33-20-18-24(19-21-33)22-23-6-4-3-5-7-23/h3-15,24,29,31H,16-22H2,1-2H3/t29-,31+/m1/s1. The van der Waals surface area contributed by atoms with Crippen molar-refractivity contribution in [1.29, 1.82) is 0 Å². The Labute approximate surface area is 225 Å². The van der Waals surface area contributed by atoms with Gasteiger partial charge in [0.1, 0.15) is 11.5 Å². The van der Waals surface area contributed by atoms with Crippen LogP contribution in [0.5, 0.6) is 11.5 Å². The van der Waals surface area contributed by atoms with Gasteiger partial charge >= 0.3 is 0 Å². The maximum absolute atomic E-state index is 14.1. The Bertz CT molecular complexity index is 1220. The number of anilines is 1. The van der Waals surface area contributed by atoms with Crippen LogP contribution < -0.4 is 14.4 Å². The number of likely N-dealkylation sites (tertiary alicyclic amines) is 1. The third-order valence-corrected chi connectivity index (χ3v) is 8.02. The molecule has 2 aliphatic rings. The molecule has 2 saturated heterocycles. The fourth-order valence-corrected chi connectivity index (χ4v) is 5.92. The summed E-state index contributed by atoms with van der Waals surface area (Å²) in [4.78, 5) is 31.3. The molecule has 6 nitrogen and oxygen atoms in total. The predicted molar refractivity (Wildman–Crippen MR) is 148 cm³/mol. The summed E-state index contributed by atoms with van der Waals surface area (Å²) in [6.07, 6.45) is 3.95. The van der Waals surface area contributed by atoms with Gasteiger partial charge in [0.05, 0.1) is 26.2 Å². The Hall–Kier alpha value is -3.80. The second-order valence-corrected chi connectivity index (χ2v) is 10.3. The largest absolute Gasteiger partial charge is 0.497 e. The highest BCUT2D eigenvalue weighted by Crippen LogP contribution is 2.42. The number of ether oxygens (including phenoxy) is 2. The minimum Gasteiger partial charge on any atom is -0.497 e. The number of hydrogen-bond donors (Lipinski definition) is 0.